The first-order valence-electron chi connectivity index (χ1n) is 6.35. The first-order valence-corrected chi connectivity index (χ1v) is 6.35. The van der Waals surface area contributed by atoms with Crippen molar-refractivity contribution in [3.8, 4) is 5.75 Å². The Morgan fingerprint density at radius 2 is 1.60 bits per heavy atom. The molecule has 0 fully saturated rings. The van der Waals surface area contributed by atoms with E-state index in [4.69, 9.17) is 0 Å². The second kappa shape index (κ2) is 6.03. The SMILES string of the molecule is OCC(CO)(Cc1ccc(O)cc1)c1cccc(F)c1. The molecule has 0 saturated heterocycles. The van der Waals surface area contributed by atoms with E-state index in [2.05, 4.69) is 0 Å². The minimum absolute atomic E-state index is 0.151. The third-order valence-electron chi connectivity index (χ3n) is 3.52. The maximum Gasteiger partial charge on any atom is 0.123 e. The molecule has 0 aromatic heterocycles. The van der Waals surface area contributed by atoms with Crippen molar-refractivity contribution >= 4 is 0 Å². The summed E-state index contributed by atoms with van der Waals surface area (Å²) in [6.45, 7) is -0.596. The lowest BCUT2D eigenvalue weighted by Crippen LogP contribution is -2.37. The van der Waals surface area contributed by atoms with Gasteiger partial charge in [0.15, 0.2) is 0 Å². The average Bonchev–Trinajstić information content (AvgIpc) is 2.47. The zero-order valence-corrected chi connectivity index (χ0v) is 11.0. The molecule has 2 aromatic carbocycles. The number of benzene rings is 2. The van der Waals surface area contributed by atoms with Crippen molar-refractivity contribution in [1.29, 1.82) is 0 Å². The van der Waals surface area contributed by atoms with E-state index in [9.17, 15) is 19.7 Å². The highest BCUT2D eigenvalue weighted by Crippen LogP contribution is 2.29. The number of phenolic OH excluding ortho intramolecular Hbond substituents is 1. The van der Waals surface area contributed by atoms with Crippen molar-refractivity contribution in [3.05, 3.63) is 65.5 Å². The smallest absolute Gasteiger partial charge is 0.123 e. The molecule has 0 heterocycles. The van der Waals surface area contributed by atoms with Crippen molar-refractivity contribution < 1.29 is 19.7 Å². The largest absolute Gasteiger partial charge is 0.508 e. The van der Waals surface area contributed by atoms with Crippen LogP contribution in [0.5, 0.6) is 5.75 Å². The maximum atomic E-state index is 13.4. The van der Waals surface area contributed by atoms with Gasteiger partial charge in [0.05, 0.1) is 13.2 Å². The highest BCUT2D eigenvalue weighted by molar-refractivity contribution is 5.32. The molecule has 0 atom stereocenters. The van der Waals surface area contributed by atoms with Gasteiger partial charge in [-0.25, -0.2) is 4.39 Å². The molecule has 3 N–H and O–H groups in total. The van der Waals surface area contributed by atoms with Crippen molar-refractivity contribution in [3.63, 3.8) is 0 Å². The van der Waals surface area contributed by atoms with E-state index in [1.165, 1.54) is 12.1 Å². The van der Waals surface area contributed by atoms with Gasteiger partial charge in [-0.3, -0.25) is 0 Å². The fourth-order valence-corrected chi connectivity index (χ4v) is 2.27. The third-order valence-corrected chi connectivity index (χ3v) is 3.52. The summed E-state index contributed by atoms with van der Waals surface area (Å²) >= 11 is 0. The second-order valence-corrected chi connectivity index (χ2v) is 4.95. The van der Waals surface area contributed by atoms with E-state index >= 15 is 0 Å². The normalized spacial score (nSPS) is 11.6. The van der Waals surface area contributed by atoms with E-state index in [-0.39, 0.29) is 19.0 Å². The van der Waals surface area contributed by atoms with Crippen LogP contribution in [0.3, 0.4) is 0 Å². The molecule has 0 bridgehead atoms. The standard InChI is InChI=1S/C16H17FO3/c17-14-3-1-2-13(8-14)16(10-18,11-19)9-12-4-6-15(20)7-5-12/h1-8,18-20H,9-11H2. The molecule has 3 nitrogen and oxygen atoms in total. The molecule has 0 radical (unpaired) electrons. The Bertz CT molecular complexity index is 562. The van der Waals surface area contributed by atoms with Crippen LogP contribution in [0.25, 0.3) is 0 Å². The molecule has 0 aliphatic carbocycles. The summed E-state index contributed by atoms with van der Waals surface area (Å²) in [6.07, 6.45) is 0.351. The number of phenols is 1. The van der Waals surface area contributed by atoms with Gasteiger partial charge in [0, 0.05) is 5.41 Å². The highest BCUT2D eigenvalue weighted by atomic mass is 19.1. The molecule has 0 spiro atoms. The molecule has 0 aliphatic heterocycles. The van der Waals surface area contributed by atoms with E-state index in [1.807, 2.05) is 0 Å². The highest BCUT2D eigenvalue weighted by Gasteiger charge is 2.31. The van der Waals surface area contributed by atoms with Crippen LogP contribution in [0, 0.1) is 5.82 Å². The lowest BCUT2D eigenvalue weighted by molar-refractivity contribution is 0.116. The van der Waals surface area contributed by atoms with Crippen LogP contribution in [0.2, 0.25) is 0 Å². The lowest BCUT2D eigenvalue weighted by atomic mass is 9.77. The van der Waals surface area contributed by atoms with Crippen LogP contribution in [0.4, 0.5) is 4.39 Å². The fraction of sp³-hybridized carbons (Fsp3) is 0.250. The van der Waals surface area contributed by atoms with Gasteiger partial charge in [0.2, 0.25) is 0 Å². The third kappa shape index (κ3) is 2.98. The van der Waals surface area contributed by atoms with Crippen LogP contribution in [0.1, 0.15) is 11.1 Å². The zero-order valence-electron chi connectivity index (χ0n) is 11.0. The van der Waals surface area contributed by atoms with Crippen LogP contribution in [-0.2, 0) is 11.8 Å². The van der Waals surface area contributed by atoms with Crippen molar-refractivity contribution in [2.45, 2.75) is 11.8 Å². The molecular formula is C16H17FO3. The van der Waals surface area contributed by atoms with Gasteiger partial charge in [0.1, 0.15) is 11.6 Å². The number of aliphatic hydroxyl groups is 2. The molecule has 2 rings (SSSR count). The molecule has 0 unspecified atom stereocenters. The Hall–Kier alpha value is -1.91. The van der Waals surface area contributed by atoms with E-state index in [0.29, 0.717) is 12.0 Å². The quantitative estimate of drug-likeness (QED) is 0.782. The molecule has 2 aromatic rings. The minimum Gasteiger partial charge on any atom is -0.508 e. The maximum absolute atomic E-state index is 13.4. The topological polar surface area (TPSA) is 60.7 Å². The number of rotatable bonds is 5. The van der Waals surface area contributed by atoms with E-state index < -0.39 is 11.2 Å². The summed E-state index contributed by atoms with van der Waals surface area (Å²) in [7, 11) is 0. The summed E-state index contributed by atoms with van der Waals surface area (Å²) in [5, 5.41) is 28.7. The van der Waals surface area contributed by atoms with Gasteiger partial charge in [-0.2, -0.15) is 0 Å². The molecular weight excluding hydrogens is 259 g/mol. The lowest BCUT2D eigenvalue weighted by Gasteiger charge is -2.30. The number of aromatic hydroxyl groups is 1. The number of aliphatic hydroxyl groups excluding tert-OH is 2. The molecule has 4 heteroatoms. The molecule has 0 amide bonds. The number of halogens is 1. The summed E-state index contributed by atoms with van der Waals surface area (Å²) in [6, 6.07) is 12.4. The monoisotopic (exact) mass is 276 g/mol. The molecule has 106 valence electrons. The van der Waals surface area contributed by atoms with Gasteiger partial charge in [-0.15, -0.1) is 0 Å². The Balaban J connectivity index is 2.36. The van der Waals surface area contributed by atoms with Gasteiger partial charge in [-0.05, 0) is 41.8 Å². The molecule has 20 heavy (non-hydrogen) atoms. The van der Waals surface area contributed by atoms with Gasteiger partial charge < -0.3 is 15.3 Å². The summed E-state index contributed by atoms with van der Waals surface area (Å²) < 4.78 is 13.4. The van der Waals surface area contributed by atoms with E-state index in [1.54, 1.807) is 36.4 Å². The Morgan fingerprint density at radius 3 is 2.15 bits per heavy atom. The van der Waals surface area contributed by atoms with Gasteiger partial charge in [-0.1, -0.05) is 24.3 Å². The molecule has 0 aliphatic rings. The Morgan fingerprint density at radius 1 is 0.950 bits per heavy atom. The summed E-state index contributed by atoms with van der Waals surface area (Å²) in [5.74, 6) is -0.252. The minimum atomic E-state index is -0.945. The summed E-state index contributed by atoms with van der Waals surface area (Å²) in [4.78, 5) is 0. The fourth-order valence-electron chi connectivity index (χ4n) is 2.27. The molecule has 0 saturated carbocycles. The number of hydrogen-bond donors (Lipinski definition) is 3. The first kappa shape index (κ1) is 14.5. The Labute approximate surface area is 116 Å². The van der Waals surface area contributed by atoms with Crippen molar-refractivity contribution in [2.75, 3.05) is 13.2 Å². The predicted molar refractivity (Wildman–Crippen MR) is 74.1 cm³/mol. The number of hydrogen-bond acceptors (Lipinski definition) is 3. The van der Waals surface area contributed by atoms with Crippen molar-refractivity contribution in [2.24, 2.45) is 0 Å². The average molecular weight is 276 g/mol. The van der Waals surface area contributed by atoms with Crippen LogP contribution < -0.4 is 0 Å². The second-order valence-electron chi connectivity index (χ2n) is 4.95. The zero-order chi connectivity index (χ0) is 14.6. The Kier molecular flexibility index (Phi) is 4.37. The van der Waals surface area contributed by atoms with E-state index in [0.717, 1.165) is 5.56 Å². The summed E-state index contributed by atoms with van der Waals surface area (Å²) in [5.41, 5.74) is 0.449. The van der Waals surface area contributed by atoms with Crippen molar-refractivity contribution in [1.82, 2.24) is 0 Å². The van der Waals surface area contributed by atoms with Crippen LogP contribution >= 0.6 is 0 Å². The first-order chi connectivity index (χ1) is 9.59. The van der Waals surface area contributed by atoms with Crippen LogP contribution in [0.15, 0.2) is 48.5 Å². The van der Waals surface area contributed by atoms with Gasteiger partial charge >= 0.3 is 0 Å². The van der Waals surface area contributed by atoms with Gasteiger partial charge in [0.25, 0.3) is 0 Å². The predicted octanol–water partition coefficient (Wildman–Crippen LogP) is 2.00. The van der Waals surface area contributed by atoms with Crippen LogP contribution in [-0.4, -0.2) is 28.5 Å².